The molecule has 1 aliphatic rings. The van der Waals surface area contributed by atoms with Gasteiger partial charge in [0, 0.05) is 18.9 Å². The van der Waals surface area contributed by atoms with E-state index in [2.05, 4.69) is 22.2 Å². The van der Waals surface area contributed by atoms with Crippen LogP contribution in [0.3, 0.4) is 0 Å². The van der Waals surface area contributed by atoms with Crippen LogP contribution in [0, 0.1) is 0 Å². The van der Waals surface area contributed by atoms with Crippen molar-refractivity contribution < 1.29 is 0 Å². The van der Waals surface area contributed by atoms with Crippen LogP contribution in [0.15, 0.2) is 36.7 Å². The molecule has 0 aliphatic carbocycles. The lowest BCUT2D eigenvalue weighted by Crippen LogP contribution is -2.12. The second kappa shape index (κ2) is 2.74. The monoisotopic (exact) mass is 146 g/mol. The van der Waals surface area contributed by atoms with E-state index in [1.54, 1.807) is 0 Å². The molecule has 2 heterocycles. The van der Waals surface area contributed by atoms with Crippen molar-refractivity contribution in [3.63, 3.8) is 0 Å². The molecule has 2 nitrogen and oxygen atoms in total. The van der Waals surface area contributed by atoms with Crippen LogP contribution in [-0.4, -0.2) is 11.5 Å². The first-order valence-electron chi connectivity index (χ1n) is 3.81. The van der Waals surface area contributed by atoms with Crippen molar-refractivity contribution in [1.29, 1.82) is 0 Å². The molecule has 0 fully saturated rings. The van der Waals surface area contributed by atoms with Gasteiger partial charge in [-0.2, -0.15) is 0 Å². The Hall–Kier alpha value is -1.31. The Bertz CT molecular complexity index is 254. The Kier molecular flexibility index (Phi) is 1.60. The molecule has 0 spiro atoms. The number of anilines is 1. The van der Waals surface area contributed by atoms with E-state index in [1.165, 1.54) is 0 Å². The molecule has 11 heavy (non-hydrogen) atoms. The number of rotatable bonds is 1. The molecule has 1 aromatic heterocycles. The van der Waals surface area contributed by atoms with Crippen molar-refractivity contribution in [2.24, 2.45) is 0 Å². The maximum atomic E-state index is 4.24. The van der Waals surface area contributed by atoms with Crippen LogP contribution in [-0.2, 0) is 0 Å². The molecule has 0 saturated carbocycles. The van der Waals surface area contributed by atoms with Crippen molar-refractivity contribution in [3.05, 3.63) is 36.7 Å². The smallest absolute Gasteiger partial charge is 0.132 e. The maximum absolute atomic E-state index is 4.24. The van der Waals surface area contributed by atoms with E-state index in [4.69, 9.17) is 0 Å². The summed E-state index contributed by atoms with van der Waals surface area (Å²) in [6.45, 7) is 1.07. The zero-order valence-corrected chi connectivity index (χ0v) is 6.27. The van der Waals surface area contributed by atoms with Gasteiger partial charge in [-0.05, 0) is 18.6 Å². The molecule has 1 aromatic rings. The molecular weight excluding hydrogens is 136 g/mol. The first-order valence-corrected chi connectivity index (χ1v) is 3.81. The van der Waals surface area contributed by atoms with E-state index in [0.29, 0.717) is 0 Å². The second-order valence-corrected chi connectivity index (χ2v) is 2.55. The van der Waals surface area contributed by atoms with Crippen molar-refractivity contribution >= 4 is 5.82 Å². The lowest BCUT2D eigenvalue weighted by atomic mass is 10.4. The van der Waals surface area contributed by atoms with Crippen LogP contribution in [0.1, 0.15) is 6.42 Å². The first kappa shape index (κ1) is 6.40. The summed E-state index contributed by atoms with van der Waals surface area (Å²) in [6, 6.07) is 5.97. The minimum atomic E-state index is 1.04. The Morgan fingerprint density at radius 3 is 3.00 bits per heavy atom. The highest BCUT2D eigenvalue weighted by Crippen LogP contribution is 2.14. The summed E-state index contributed by atoms with van der Waals surface area (Å²) in [7, 11) is 0. The van der Waals surface area contributed by atoms with E-state index in [1.807, 2.05) is 24.4 Å². The minimum Gasteiger partial charge on any atom is -0.333 e. The molecule has 0 radical (unpaired) electrons. The lowest BCUT2D eigenvalue weighted by Gasteiger charge is -2.12. The predicted octanol–water partition coefficient (Wildman–Crippen LogP) is 1.81. The van der Waals surface area contributed by atoms with Crippen molar-refractivity contribution in [3.8, 4) is 0 Å². The van der Waals surface area contributed by atoms with Gasteiger partial charge in [-0.1, -0.05) is 12.1 Å². The molecule has 2 heteroatoms. The van der Waals surface area contributed by atoms with E-state index in [9.17, 15) is 0 Å². The van der Waals surface area contributed by atoms with Gasteiger partial charge < -0.3 is 4.90 Å². The Morgan fingerprint density at radius 1 is 1.36 bits per heavy atom. The maximum Gasteiger partial charge on any atom is 0.132 e. The second-order valence-electron chi connectivity index (χ2n) is 2.55. The standard InChI is InChI=1S/C9H10N2/c1-2-6-10-9(5-1)11-7-3-4-8-11/h1-3,5-7H,4,8H2. The van der Waals surface area contributed by atoms with Gasteiger partial charge in [0.1, 0.15) is 5.82 Å². The summed E-state index contributed by atoms with van der Waals surface area (Å²) in [4.78, 5) is 6.39. The topological polar surface area (TPSA) is 16.1 Å². The van der Waals surface area contributed by atoms with Crippen LogP contribution in [0.5, 0.6) is 0 Å². The van der Waals surface area contributed by atoms with Crippen molar-refractivity contribution in [1.82, 2.24) is 4.98 Å². The highest BCUT2D eigenvalue weighted by Gasteiger charge is 2.05. The van der Waals surface area contributed by atoms with Gasteiger partial charge in [-0.15, -0.1) is 0 Å². The largest absolute Gasteiger partial charge is 0.333 e. The third-order valence-electron chi connectivity index (χ3n) is 1.77. The van der Waals surface area contributed by atoms with Crippen LogP contribution >= 0.6 is 0 Å². The molecule has 0 atom stereocenters. The van der Waals surface area contributed by atoms with Crippen molar-refractivity contribution in [2.45, 2.75) is 6.42 Å². The third-order valence-corrected chi connectivity index (χ3v) is 1.77. The van der Waals surface area contributed by atoms with E-state index in [0.717, 1.165) is 18.8 Å². The number of hydrogen-bond donors (Lipinski definition) is 0. The number of pyridine rings is 1. The van der Waals surface area contributed by atoms with Gasteiger partial charge in [0.25, 0.3) is 0 Å². The summed E-state index contributed by atoms with van der Waals surface area (Å²) in [5, 5.41) is 0. The van der Waals surface area contributed by atoms with E-state index >= 15 is 0 Å². The molecular formula is C9H10N2. The molecule has 0 amide bonds. The van der Waals surface area contributed by atoms with Gasteiger partial charge in [0.2, 0.25) is 0 Å². The summed E-state index contributed by atoms with van der Waals surface area (Å²) < 4.78 is 0. The first-order chi connectivity index (χ1) is 5.47. The summed E-state index contributed by atoms with van der Waals surface area (Å²) >= 11 is 0. The Balaban J connectivity index is 2.23. The number of aromatic nitrogens is 1. The highest BCUT2D eigenvalue weighted by atomic mass is 15.2. The highest BCUT2D eigenvalue weighted by molar-refractivity contribution is 5.43. The molecule has 0 aromatic carbocycles. The summed E-state index contributed by atoms with van der Waals surface area (Å²) in [6.07, 6.45) is 7.20. The fraction of sp³-hybridized carbons (Fsp3) is 0.222. The lowest BCUT2D eigenvalue weighted by molar-refractivity contribution is 0.973. The van der Waals surface area contributed by atoms with E-state index in [-0.39, 0.29) is 0 Å². The van der Waals surface area contributed by atoms with Crippen LogP contribution in [0.25, 0.3) is 0 Å². The average Bonchev–Trinajstić information content (AvgIpc) is 2.58. The zero-order valence-electron chi connectivity index (χ0n) is 6.27. The number of nitrogens with zero attached hydrogens (tertiary/aromatic N) is 2. The normalized spacial score (nSPS) is 15.8. The molecule has 0 bridgehead atoms. The minimum absolute atomic E-state index is 1.04. The number of hydrogen-bond acceptors (Lipinski definition) is 2. The van der Waals surface area contributed by atoms with Gasteiger partial charge in [-0.3, -0.25) is 0 Å². The van der Waals surface area contributed by atoms with Crippen LogP contribution < -0.4 is 4.90 Å². The molecule has 0 N–H and O–H groups in total. The molecule has 0 unspecified atom stereocenters. The van der Waals surface area contributed by atoms with Gasteiger partial charge in [0.05, 0.1) is 0 Å². The predicted molar refractivity (Wildman–Crippen MR) is 45.3 cm³/mol. The van der Waals surface area contributed by atoms with E-state index < -0.39 is 0 Å². The quantitative estimate of drug-likeness (QED) is 0.600. The Labute approximate surface area is 66.2 Å². The SMILES string of the molecule is C1=CN(c2ccccn2)CC1. The summed E-state index contributed by atoms with van der Waals surface area (Å²) in [5.41, 5.74) is 0. The van der Waals surface area contributed by atoms with Crippen LogP contribution in [0.4, 0.5) is 5.82 Å². The summed E-state index contributed by atoms with van der Waals surface area (Å²) in [5.74, 6) is 1.04. The molecule has 0 saturated heterocycles. The zero-order chi connectivity index (χ0) is 7.52. The molecule has 2 rings (SSSR count). The van der Waals surface area contributed by atoms with Crippen LogP contribution in [0.2, 0.25) is 0 Å². The van der Waals surface area contributed by atoms with Gasteiger partial charge in [-0.25, -0.2) is 4.98 Å². The molecule has 56 valence electrons. The third kappa shape index (κ3) is 1.24. The van der Waals surface area contributed by atoms with Gasteiger partial charge in [0.15, 0.2) is 0 Å². The molecule has 1 aliphatic heterocycles. The average molecular weight is 146 g/mol. The fourth-order valence-electron chi connectivity index (χ4n) is 1.20. The Morgan fingerprint density at radius 2 is 2.36 bits per heavy atom. The van der Waals surface area contributed by atoms with Crippen molar-refractivity contribution in [2.75, 3.05) is 11.4 Å². The fourth-order valence-corrected chi connectivity index (χ4v) is 1.20. The van der Waals surface area contributed by atoms with Gasteiger partial charge >= 0.3 is 0 Å².